The quantitative estimate of drug-likeness (QED) is 0.563. The van der Waals surface area contributed by atoms with Crippen molar-refractivity contribution in [3.05, 3.63) is 76.6 Å². The average molecular weight is 421 g/mol. The van der Waals surface area contributed by atoms with E-state index in [0.29, 0.717) is 24.9 Å². The van der Waals surface area contributed by atoms with E-state index in [1.54, 1.807) is 19.2 Å². The first kappa shape index (κ1) is 22.1. The summed E-state index contributed by atoms with van der Waals surface area (Å²) in [5.74, 6) is 0.338. The lowest BCUT2D eigenvalue weighted by Gasteiger charge is -2.10. The molecule has 0 saturated carbocycles. The van der Waals surface area contributed by atoms with Crippen molar-refractivity contribution in [2.45, 2.75) is 33.2 Å². The maximum atomic E-state index is 12.5. The van der Waals surface area contributed by atoms with Crippen LogP contribution < -0.4 is 10.1 Å². The molecule has 1 amide bonds. The molecule has 3 rings (SSSR count). The van der Waals surface area contributed by atoms with E-state index in [1.165, 1.54) is 7.11 Å². The van der Waals surface area contributed by atoms with Gasteiger partial charge >= 0.3 is 5.97 Å². The SMILES string of the molecule is COC(=O)CCc1c(C)nn(-c2ccc(C(=O)NCc3ccccc3OC)cc2)c1C. The molecule has 0 bridgehead atoms. The summed E-state index contributed by atoms with van der Waals surface area (Å²) in [4.78, 5) is 24.0. The predicted octanol–water partition coefficient (Wildman–Crippen LogP) is 3.53. The van der Waals surface area contributed by atoms with Crippen LogP contribution in [0.25, 0.3) is 5.69 Å². The fourth-order valence-corrected chi connectivity index (χ4v) is 3.50. The number of hydrogen-bond donors (Lipinski definition) is 1. The molecular weight excluding hydrogens is 394 g/mol. The van der Waals surface area contributed by atoms with Crippen molar-refractivity contribution >= 4 is 11.9 Å². The van der Waals surface area contributed by atoms with Crippen LogP contribution in [-0.2, 0) is 22.5 Å². The van der Waals surface area contributed by atoms with E-state index < -0.39 is 0 Å². The van der Waals surface area contributed by atoms with Gasteiger partial charge in [0.25, 0.3) is 5.91 Å². The minimum atomic E-state index is -0.241. The van der Waals surface area contributed by atoms with Gasteiger partial charge in [-0.25, -0.2) is 4.68 Å². The van der Waals surface area contributed by atoms with E-state index in [1.807, 2.05) is 54.9 Å². The van der Waals surface area contributed by atoms with E-state index in [-0.39, 0.29) is 11.9 Å². The summed E-state index contributed by atoms with van der Waals surface area (Å²) in [7, 11) is 3.00. The third-order valence-electron chi connectivity index (χ3n) is 5.25. The van der Waals surface area contributed by atoms with Gasteiger partial charge in [0.15, 0.2) is 0 Å². The van der Waals surface area contributed by atoms with Crippen LogP contribution in [0.1, 0.15) is 39.3 Å². The Balaban J connectivity index is 1.70. The van der Waals surface area contributed by atoms with Crippen LogP contribution in [0.15, 0.2) is 48.5 Å². The number of amides is 1. The number of carbonyl (C=O) groups excluding carboxylic acids is 2. The van der Waals surface area contributed by atoms with Crippen LogP contribution in [0, 0.1) is 13.8 Å². The zero-order chi connectivity index (χ0) is 22.4. The first-order chi connectivity index (χ1) is 14.9. The Hall–Kier alpha value is -3.61. The van der Waals surface area contributed by atoms with Gasteiger partial charge in [0, 0.05) is 29.8 Å². The third kappa shape index (κ3) is 5.12. The number of methoxy groups -OCH3 is 2. The third-order valence-corrected chi connectivity index (χ3v) is 5.25. The highest BCUT2D eigenvalue weighted by Gasteiger charge is 2.15. The Bertz CT molecular complexity index is 1070. The summed E-state index contributed by atoms with van der Waals surface area (Å²) in [5, 5.41) is 7.53. The molecule has 0 radical (unpaired) electrons. The number of esters is 1. The molecule has 2 aromatic carbocycles. The molecule has 0 fully saturated rings. The first-order valence-corrected chi connectivity index (χ1v) is 10.1. The second kappa shape index (κ2) is 9.93. The summed E-state index contributed by atoms with van der Waals surface area (Å²) in [5.41, 5.74) is 5.20. The summed E-state index contributed by atoms with van der Waals surface area (Å²) in [6.45, 7) is 4.28. The highest BCUT2D eigenvalue weighted by Crippen LogP contribution is 2.20. The van der Waals surface area contributed by atoms with Gasteiger partial charge in [0.1, 0.15) is 5.75 Å². The fourth-order valence-electron chi connectivity index (χ4n) is 3.50. The van der Waals surface area contributed by atoms with Gasteiger partial charge in [0.05, 0.1) is 25.6 Å². The van der Waals surface area contributed by atoms with Gasteiger partial charge in [0.2, 0.25) is 0 Å². The van der Waals surface area contributed by atoms with Gasteiger partial charge in [-0.05, 0) is 56.2 Å². The number of aromatic nitrogens is 2. The molecule has 1 heterocycles. The van der Waals surface area contributed by atoms with Gasteiger partial charge in [-0.1, -0.05) is 18.2 Å². The van der Waals surface area contributed by atoms with Crippen molar-refractivity contribution in [3.8, 4) is 11.4 Å². The number of benzene rings is 2. The highest BCUT2D eigenvalue weighted by atomic mass is 16.5. The minimum Gasteiger partial charge on any atom is -0.496 e. The standard InChI is InChI=1S/C24H27N3O4/c1-16-21(13-14-23(28)31-4)17(2)27(26-16)20-11-9-18(10-12-20)24(29)25-15-19-7-5-6-8-22(19)30-3/h5-12H,13-15H2,1-4H3,(H,25,29). The second-order valence-corrected chi connectivity index (χ2v) is 7.18. The predicted molar refractivity (Wildman–Crippen MR) is 118 cm³/mol. The van der Waals surface area contributed by atoms with Crippen LogP contribution in [0.5, 0.6) is 5.75 Å². The molecule has 1 aromatic heterocycles. The number of para-hydroxylation sites is 1. The van der Waals surface area contributed by atoms with Crippen molar-refractivity contribution in [1.82, 2.24) is 15.1 Å². The lowest BCUT2D eigenvalue weighted by molar-refractivity contribution is -0.140. The first-order valence-electron chi connectivity index (χ1n) is 10.1. The van der Waals surface area contributed by atoms with Crippen LogP contribution in [0.2, 0.25) is 0 Å². The molecule has 0 atom stereocenters. The topological polar surface area (TPSA) is 82.5 Å². The number of rotatable bonds is 8. The molecule has 7 nitrogen and oxygen atoms in total. The van der Waals surface area contributed by atoms with E-state index in [0.717, 1.165) is 34.0 Å². The van der Waals surface area contributed by atoms with Crippen LogP contribution in [0.4, 0.5) is 0 Å². The lowest BCUT2D eigenvalue weighted by Crippen LogP contribution is -2.23. The maximum Gasteiger partial charge on any atom is 0.305 e. The Morgan fingerprint density at radius 1 is 1.03 bits per heavy atom. The molecule has 0 unspecified atom stereocenters. The zero-order valence-corrected chi connectivity index (χ0v) is 18.3. The average Bonchev–Trinajstić information content (AvgIpc) is 3.09. The number of hydrogen-bond acceptors (Lipinski definition) is 5. The van der Waals surface area contributed by atoms with Crippen LogP contribution in [0.3, 0.4) is 0 Å². The van der Waals surface area contributed by atoms with Crippen molar-refractivity contribution in [1.29, 1.82) is 0 Å². The molecule has 0 aliphatic carbocycles. The Labute approximate surface area is 182 Å². The van der Waals surface area contributed by atoms with E-state index >= 15 is 0 Å². The van der Waals surface area contributed by atoms with Gasteiger partial charge < -0.3 is 14.8 Å². The monoisotopic (exact) mass is 421 g/mol. The molecule has 0 aliphatic rings. The van der Waals surface area contributed by atoms with Crippen molar-refractivity contribution in [2.24, 2.45) is 0 Å². The summed E-state index contributed by atoms with van der Waals surface area (Å²) in [6.07, 6.45) is 0.892. The molecule has 0 saturated heterocycles. The van der Waals surface area contributed by atoms with Gasteiger partial charge in [-0.15, -0.1) is 0 Å². The normalized spacial score (nSPS) is 10.6. The molecule has 3 aromatic rings. The summed E-state index contributed by atoms with van der Waals surface area (Å²) in [6, 6.07) is 14.9. The van der Waals surface area contributed by atoms with Crippen molar-refractivity contribution < 1.29 is 19.1 Å². The summed E-state index contributed by atoms with van der Waals surface area (Å²) >= 11 is 0. The number of nitrogens with zero attached hydrogens (tertiary/aromatic N) is 2. The Kier molecular flexibility index (Phi) is 7.07. The van der Waals surface area contributed by atoms with E-state index in [9.17, 15) is 9.59 Å². The minimum absolute atomic E-state index is 0.162. The number of nitrogens with one attached hydrogen (secondary N) is 1. The second-order valence-electron chi connectivity index (χ2n) is 7.18. The Morgan fingerprint density at radius 2 is 1.74 bits per heavy atom. The fraction of sp³-hybridized carbons (Fsp3) is 0.292. The number of ether oxygens (including phenoxy) is 2. The largest absolute Gasteiger partial charge is 0.496 e. The molecule has 31 heavy (non-hydrogen) atoms. The highest BCUT2D eigenvalue weighted by molar-refractivity contribution is 5.94. The van der Waals surface area contributed by atoms with Crippen LogP contribution in [-0.4, -0.2) is 35.9 Å². The number of carbonyl (C=O) groups is 2. The Morgan fingerprint density at radius 3 is 2.42 bits per heavy atom. The van der Waals surface area contributed by atoms with Crippen molar-refractivity contribution in [3.63, 3.8) is 0 Å². The molecule has 162 valence electrons. The summed E-state index contributed by atoms with van der Waals surface area (Å²) < 4.78 is 11.9. The van der Waals surface area contributed by atoms with E-state index in [4.69, 9.17) is 9.47 Å². The molecule has 1 N–H and O–H groups in total. The molecule has 0 spiro atoms. The number of aryl methyl sites for hydroxylation is 1. The molecule has 7 heteroatoms. The lowest BCUT2D eigenvalue weighted by atomic mass is 10.1. The van der Waals surface area contributed by atoms with Crippen molar-refractivity contribution in [2.75, 3.05) is 14.2 Å². The van der Waals surface area contributed by atoms with Crippen LogP contribution >= 0.6 is 0 Å². The zero-order valence-electron chi connectivity index (χ0n) is 18.3. The van der Waals surface area contributed by atoms with Gasteiger partial charge in [-0.3, -0.25) is 9.59 Å². The molecule has 0 aliphatic heterocycles. The van der Waals surface area contributed by atoms with E-state index in [2.05, 4.69) is 10.4 Å². The maximum absolute atomic E-state index is 12.5. The van der Waals surface area contributed by atoms with Gasteiger partial charge in [-0.2, -0.15) is 5.10 Å². The molecular formula is C24H27N3O4. The smallest absolute Gasteiger partial charge is 0.305 e.